The Morgan fingerprint density at radius 2 is 1.90 bits per heavy atom. The Morgan fingerprint density at radius 1 is 1.20 bits per heavy atom. The van der Waals surface area contributed by atoms with E-state index >= 15 is 0 Å². The monoisotopic (exact) mass is 414 g/mol. The van der Waals surface area contributed by atoms with Crippen LogP contribution in [0.3, 0.4) is 0 Å². The maximum absolute atomic E-state index is 12.5. The quantitative estimate of drug-likeness (QED) is 0.505. The fourth-order valence-electron chi connectivity index (χ4n) is 3.10. The SMILES string of the molecule is CC(C)(C)OC=O.O=C1NC(C=Cc2ccccc2)C(O)=C1C(=O)C1CCCCN1. The van der Waals surface area contributed by atoms with Gasteiger partial charge in [-0.1, -0.05) is 48.9 Å². The first-order chi connectivity index (χ1) is 14.2. The molecule has 7 heteroatoms. The average Bonchev–Trinajstić information content (AvgIpc) is 3.00. The molecule has 30 heavy (non-hydrogen) atoms. The second kappa shape index (κ2) is 10.7. The minimum absolute atomic E-state index is 0.105. The summed E-state index contributed by atoms with van der Waals surface area (Å²) in [5.74, 6) is -0.988. The third kappa shape index (κ3) is 6.84. The lowest BCUT2D eigenvalue weighted by molar-refractivity contribution is -0.138. The lowest BCUT2D eigenvalue weighted by Crippen LogP contribution is -2.42. The number of rotatable bonds is 5. The van der Waals surface area contributed by atoms with Gasteiger partial charge in [-0.2, -0.15) is 0 Å². The van der Waals surface area contributed by atoms with Gasteiger partial charge in [0, 0.05) is 0 Å². The molecule has 0 spiro atoms. The summed E-state index contributed by atoms with van der Waals surface area (Å²) < 4.78 is 4.55. The van der Waals surface area contributed by atoms with Gasteiger partial charge in [-0.15, -0.1) is 0 Å². The molecule has 2 heterocycles. The van der Waals surface area contributed by atoms with E-state index in [0.717, 1.165) is 24.9 Å². The van der Waals surface area contributed by atoms with E-state index in [9.17, 15) is 19.5 Å². The second-order valence-corrected chi connectivity index (χ2v) is 8.17. The summed E-state index contributed by atoms with van der Waals surface area (Å²) in [6.07, 6.45) is 6.19. The third-order valence-corrected chi connectivity index (χ3v) is 4.62. The van der Waals surface area contributed by atoms with Crippen molar-refractivity contribution >= 4 is 24.2 Å². The van der Waals surface area contributed by atoms with Crippen LogP contribution in [0.2, 0.25) is 0 Å². The van der Waals surface area contributed by atoms with Crippen LogP contribution in [0.15, 0.2) is 47.7 Å². The summed E-state index contributed by atoms with van der Waals surface area (Å²) in [7, 11) is 0. The van der Waals surface area contributed by atoms with Gasteiger partial charge < -0.3 is 20.5 Å². The molecular weight excluding hydrogens is 384 g/mol. The molecule has 0 aromatic heterocycles. The van der Waals surface area contributed by atoms with Crippen LogP contribution in [-0.4, -0.2) is 47.5 Å². The Balaban J connectivity index is 0.000000396. The Hall–Kier alpha value is -2.93. The number of benzene rings is 1. The highest BCUT2D eigenvalue weighted by Gasteiger charge is 2.37. The molecule has 1 aromatic carbocycles. The number of Topliss-reactive ketones (excluding diaryl/α,β-unsaturated/α-hetero) is 1. The molecule has 2 atom stereocenters. The van der Waals surface area contributed by atoms with Crippen molar-refractivity contribution in [1.29, 1.82) is 0 Å². The fourth-order valence-corrected chi connectivity index (χ4v) is 3.10. The van der Waals surface area contributed by atoms with Crippen LogP contribution in [0.5, 0.6) is 0 Å². The van der Waals surface area contributed by atoms with Gasteiger partial charge >= 0.3 is 0 Å². The number of ketones is 1. The maximum atomic E-state index is 12.5. The fraction of sp³-hybridized carbons (Fsp3) is 0.435. The van der Waals surface area contributed by atoms with Crippen molar-refractivity contribution in [3.63, 3.8) is 0 Å². The second-order valence-electron chi connectivity index (χ2n) is 8.17. The van der Waals surface area contributed by atoms with Crippen LogP contribution < -0.4 is 10.6 Å². The molecule has 0 bridgehead atoms. The van der Waals surface area contributed by atoms with E-state index < -0.39 is 11.9 Å². The Kier molecular flexibility index (Phi) is 8.35. The molecule has 1 fully saturated rings. The lowest BCUT2D eigenvalue weighted by atomic mass is 9.95. The Morgan fingerprint density at radius 3 is 2.43 bits per heavy atom. The van der Waals surface area contributed by atoms with Crippen molar-refractivity contribution in [3.05, 3.63) is 53.3 Å². The van der Waals surface area contributed by atoms with Crippen molar-refractivity contribution in [1.82, 2.24) is 10.6 Å². The van der Waals surface area contributed by atoms with Gasteiger partial charge in [0.15, 0.2) is 5.78 Å². The van der Waals surface area contributed by atoms with Crippen molar-refractivity contribution < 1.29 is 24.2 Å². The minimum atomic E-state index is -0.648. The van der Waals surface area contributed by atoms with Gasteiger partial charge in [0.1, 0.15) is 23.0 Å². The van der Waals surface area contributed by atoms with E-state index in [2.05, 4.69) is 15.4 Å². The molecule has 2 aliphatic rings. The maximum Gasteiger partial charge on any atom is 0.293 e. The van der Waals surface area contributed by atoms with Crippen LogP contribution in [0, 0.1) is 0 Å². The molecule has 1 saturated heterocycles. The van der Waals surface area contributed by atoms with Crippen LogP contribution >= 0.6 is 0 Å². The first kappa shape index (κ1) is 23.3. The molecule has 1 aromatic rings. The predicted octanol–water partition coefficient (Wildman–Crippen LogP) is 2.68. The summed E-state index contributed by atoms with van der Waals surface area (Å²) in [6, 6.07) is 8.56. The number of piperidine rings is 1. The molecule has 3 rings (SSSR count). The van der Waals surface area contributed by atoms with Crippen molar-refractivity contribution in [2.75, 3.05) is 6.54 Å². The number of ether oxygens (including phenoxy) is 1. The topological polar surface area (TPSA) is 105 Å². The normalized spacial score (nSPS) is 21.6. The van der Waals surface area contributed by atoms with E-state index in [4.69, 9.17) is 0 Å². The standard InChI is InChI=1S/C18H20N2O3.C5H10O2/c21-16(13-8-4-5-11-19-13)15-17(22)14(20-18(15)23)10-9-12-6-2-1-3-7-12;1-5(2,3)7-4-6/h1-3,6-7,9-10,13-14,19,22H,4-5,8,11H2,(H,20,23);4H,1-3H3. The highest BCUT2D eigenvalue weighted by atomic mass is 16.5. The van der Waals surface area contributed by atoms with E-state index in [-0.39, 0.29) is 28.8 Å². The predicted molar refractivity (Wildman–Crippen MR) is 115 cm³/mol. The van der Waals surface area contributed by atoms with E-state index in [1.807, 2.05) is 57.2 Å². The summed E-state index contributed by atoms with van der Waals surface area (Å²) in [4.78, 5) is 34.2. The highest BCUT2D eigenvalue weighted by Crippen LogP contribution is 2.21. The smallest absolute Gasteiger partial charge is 0.293 e. The number of hydrogen-bond acceptors (Lipinski definition) is 6. The number of amides is 1. The van der Waals surface area contributed by atoms with Gasteiger partial charge in [-0.3, -0.25) is 14.4 Å². The molecular formula is C23H30N2O5. The lowest BCUT2D eigenvalue weighted by Gasteiger charge is -2.22. The summed E-state index contributed by atoms with van der Waals surface area (Å²) >= 11 is 0. The molecule has 7 nitrogen and oxygen atoms in total. The highest BCUT2D eigenvalue weighted by molar-refractivity contribution is 6.23. The zero-order valence-corrected chi connectivity index (χ0v) is 17.7. The largest absolute Gasteiger partial charge is 0.509 e. The first-order valence-electron chi connectivity index (χ1n) is 10.1. The van der Waals surface area contributed by atoms with Crippen molar-refractivity contribution in [3.8, 4) is 0 Å². The number of aliphatic hydroxyl groups is 1. The van der Waals surface area contributed by atoms with E-state index in [1.54, 1.807) is 6.08 Å². The number of hydrogen-bond donors (Lipinski definition) is 3. The van der Waals surface area contributed by atoms with Crippen LogP contribution in [0.4, 0.5) is 0 Å². The molecule has 1 amide bonds. The molecule has 3 N–H and O–H groups in total. The van der Waals surface area contributed by atoms with E-state index in [1.165, 1.54) is 0 Å². The number of carbonyl (C=O) groups is 3. The molecule has 2 unspecified atom stereocenters. The molecule has 0 radical (unpaired) electrons. The molecule has 0 aliphatic carbocycles. The van der Waals surface area contributed by atoms with Crippen LogP contribution in [0.1, 0.15) is 45.6 Å². The van der Waals surface area contributed by atoms with Gasteiger partial charge in [0.2, 0.25) is 0 Å². The summed E-state index contributed by atoms with van der Waals surface area (Å²) in [5.41, 5.74) is 0.539. The van der Waals surface area contributed by atoms with Gasteiger partial charge in [0.25, 0.3) is 12.4 Å². The Bertz CT molecular complexity index is 803. The average molecular weight is 415 g/mol. The zero-order chi connectivity index (χ0) is 22.1. The Labute approximate surface area is 177 Å². The van der Waals surface area contributed by atoms with Gasteiger partial charge in [-0.05, 0) is 45.7 Å². The third-order valence-electron chi connectivity index (χ3n) is 4.62. The molecule has 162 valence electrons. The summed E-state index contributed by atoms with van der Waals surface area (Å²) in [6.45, 7) is 6.69. The zero-order valence-electron chi connectivity index (χ0n) is 17.7. The summed E-state index contributed by atoms with van der Waals surface area (Å²) in [5, 5.41) is 16.1. The number of carbonyl (C=O) groups excluding carboxylic acids is 3. The first-order valence-corrected chi connectivity index (χ1v) is 10.1. The number of aliphatic hydroxyl groups excluding tert-OH is 1. The van der Waals surface area contributed by atoms with Gasteiger partial charge in [-0.25, -0.2) is 0 Å². The molecule has 2 aliphatic heterocycles. The van der Waals surface area contributed by atoms with Crippen molar-refractivity contribution in [2.24, 2.45) is 0 Å². The number of nitrogens with one attached hydrogen (secondary N) is 2. The molecule has 0 saturated carbocycles. The van der Waals surface area contributed by atoms with Crippen molar-refractivity contribution in [2.45, 2.75) is 57.7 Å². The van der Waals surface area contributed by atoms with Crippen LogP contribution in [-0.2, 0) is 19.1 Å². The minimum Gasteiger partial charge on any atom is -0.509 e. The van der Waals surface area contributed by atoms with Crippen LogP contribution in [0.25, 0.3) is 6.08 Å². The van der Waals surface area contributed by atoms with Gasteiger partial charge in [0.05, 0.1) is 6.04 Å². The van der Waals surface area contributed by atoms with E-state index in [0.29, 0.717) is 12.9 Å².